The molecular formula is C16H17NO. The highest BCUT2D eigenvalue weighted by molar-refractivity contribution is 5.35. The normalized spacial score (nSPS) is 17.5. The van der Waals surface area contributed by atoms with Gasteiger partial charge in [-0.15, -0.1) is 0 Å². The average Bonchev–Trinajstić information content (AvgIpc) is 2.83. The highest BCUT2D eigenvalue weighted by atomic mass is 16.5. The molecule has 0 saturated heterocycles. The van der Waals surface area contributed by atoms with Gasteiger partial charge in [0.25, 0.3) is 0 Å². The lowest BCUT2D eigenvalue weighted by atomic mass is 10.1. The Morgan fingerprint density at radius 3 is 2.61 bits per heavy atom. The maximum atomic E-state index is 6.06. The van der Waals surface area contributed by atoms with Crippen molar-refractivity contribution in [1.82, 2.24) is 0 Å². The summed E-state index contributed by atoms with van der Waals surface area (Å²) in [4.78, 5) is 0. The molecule has 0 heterocycles. The van der Waals surface area contributed by atoms with Crippen LogP contribution in [0.25, 0.3) is 0 Å². The van der Waals surface area contributed by atoms with E-state index in [-0.39, 0.29) is 6.10 Å². The van der Waals surface area contributed by atoms with Crippen LogP contribution in [0, 0.1) is 0 Å². The molecule has 3 rings (SSSR count). The number of hydrogen-bond acceptors (Lipinski definition) is 2. The maximum Gasteiger partial charge on any atom is 0.124 e. The molecule has 2 N–H and O–H groups in total. The van der Waals surface area contributed by atoms with Crippen LogP contribution in [0.3, 0.4) is 0 Å². The van der Waals surface area contributed by atoms with E-state index < -0.39 is 0 Å². The number of nitrogens with two attached hydrogens (primary N) is 1. The number of hydrogen-bond donors (Lipinski definition) is 1. The van der Waals surface area contributed by atoms with Crippen LogP contribution in [0.5, 0.6) is 5.75 Å². The quantitative estimate of drug-likeness (QED) is 0.892. The molecule has 0 fully saturated rings. The molecule has 1 atom stereocenters. The van der Waals surface area contributed by atoms with E-state index >= 15 is 0 Å². The zero-order valence-electron chi connectivity index (χ0n) is 10.3. The maximum absolute atomic E-state index is 6.06. The summed E-state index contributed by atoms with van der Waals surface area (Å²) in [6.07, 6.45) is 2.38. The monoisotopic (exact) mass is 239 g/mol. The van der Waals surface area contributed by atoms with Crippen LogP contribution in [-0.2, 0) is 13.0 Å². The van der Waals surface area contributed by atoms with Gasteiger partial charge in [-0.05, 0) is 41.7 Å². The largest absolute Gasteiger partial charge is 0.486 e. The van der Waals surface area contributed by atoms with Gasteiger partial charge in [0.15, 0.2) is 0 Å². The molecule has 1 unspecified atom stereocenters. The Kier molecular flexibility index (Phi) is 3.03. The molecule has 1 aliphatic rings. The van der Waals surface area contributed by atoms with Crippen molar-refractivity contribution in [1.29, 1.82) is 0 Å². The number of benzene rings is 2. The van der Waals surface area contributed by atoms with E-state index in [1.54, 1.807) is 0 Å². The third-order valence-electron chi connectivity index (χ3n) is 3.52. The van der Waals surface area contributed by atoms with Crippen molar-refractivity contribution in [2.45, 2.75) is 25.5 Å². The van der Waals surface area contributed by atoms with Crippen molar-refractivity contribution in [2.75, 3.05) is 0 Å². The fourth-order valence-electron chi connectivity index (χ4n) is 2.51. The van der Waals surface area contributed by atoms with Gasteiger partial charge in [-0.3, -0.25) is 0 Å². The lowest BCUT2D eigenvalue weighted by Gasteiger charge is -2.15. The number of rotatable bonds is 3. The van der Waals surface area contributed by atoms with E-state index in [2.05, 4.69) is 24.3 Å². The van der Waals surface area contributed by atoms with Crippen LogP contribution >= 0.6 is 0 Å². The fraction of sp³-hybridized carbons (Fsp3) is 0.250. The van der Waals surface area contributed by atoms with Crippen LogP contribution in [0.1, 0.15) is 29.2 Å². The van der Waals surface area contributed by atoms with Crippen LogP contribution in [0.2, 0.25) is 0 Å². The van der Waals surface area contributed by atoms with E-state index in [1.165, 1.54) is 11.1 Å². The highest BCUT2D eigenvalue weighted by Crippen LogP contribution is 2.34. The standard InChI is InChI=1S/C16H17NO/c17-11-12-5-8-14(9-6-12)18-16-10-7-13-3-1-2-4-15(13)16/h1-6,8-9,16H,7,10-11,17H2. The minimum absolute atomic E-state index is 0.199. The molecule has 0 aliphatic heterocycles. The average molecular weight is 239 g/mol. The highest BCUT2D eigenvalue weighted by Gasteiger charge is 2.23. The predicted octanol–water partition coefficient (Wildman–Crippen LogP) is 3.21. The van der Waals surface area contributed by atoms with Gasteiger partial charge in [-0.2, -0.15) is 0 Å². The fourth-order valence-corrected chi connectivity index (χ4v) is 2.51. The van der Waals surface area contributed by atoms with E-state index in [9.17, 15) is 0 Å². The summed E-state index contributed by atoms with van der Waals surface area (Å²) in [7, 11) is 0. The van der Waals surface area contributed by atoms with E-state index in [0.29, 0.717) is 6.54 Å². The molecule has 2 aromatic rings. The Bertz CT molecular complexity index is 533. The molecular weight excluding hydrogens is 222 g/mol. The second-order valence-corrected chi connectivity index (χ2v) is 4.69. The van der Waals surface area contributed by atoms with Crippen molar-refractivity contribution >= 4 is 0 Å². The first-order valence-electron chi connectivity index (χ1n) is 6.40. The van der Waals surface area contributed by atoms with Crippen molar-refractivity contribution < 1.29 is 4.74 Å². The summed E-state index contributed by atoms with van der Waals surface area (Å²) >= 11 is 0. The molecule has 2 heteroatoms. The summed E-state index contributed by atoms with van der Waals surface area (Å²) in [6, 6.07) is 16.6. The van der Waals surface area contributed by atoms with E-state index in [0.717, 1.165) is 24.2 Å². The van der Waals surface area contributed by atoms with E-state index in [1.807, 2.05) is 24.3 Å². The summed E-state index contributed by atoms with van der Waals surface area (Å²) < 4.78 is 6.06. The lowest BCUT2D eigenvalue weighted by Crippen LogP contribution is -2.03. The minimum atomic E-state index is 0.199. The second kappa shape index (κ2) is 4.83. The van der Waals surface area contributed by atoms with Gasteiger partial charge in [0.05, 0.1) is 0 Å². The zero-order chi connectivity index (χ0) is 12.4. The van der Waals surface area contributed by atoms with Crippen molar-refractivity contribution in [3.8, 4) is 5.75 Å². The first-order valence-corrected chi connectivity index (χ1v) is 6.40. The summed E-state index contributed by atoms with van der Waals surface area (Å²) in [5.74, 6) is 0.925. The topological polar surface area (TPSA) is 35.2 Å². The molecule has 0 amide bonds. The molecule has 0 saturated carbocycles. The Balaban J connectivity index is 1.77. The minimum Gasteiger partial charge on any atom is -0.486 e. The van der Waals surface area contributed by atoms with Crippen LogP contribution in [0.4, 0.5) is 0 Å². The van der Waals surface area contributed by atoms with Gasteiger partial charge in [-0.1, -0.05) is 36.4 Å². The third kappa shape index (κ3) is 2.12. The van der Waals surface area contributed by atoms with Gasteiger partial charge in [-0.25, -0.2) is 0 Å². The van der Waals surface area contributed by atoms with Crippen molar-refractivity contribution in [3.05, 3.63) is 65.2 Å². The Hall–Kier alpha value is -1.80. The Morgan fingerprint density at radius 2 is 1.83 bits per heavy atom. The summed E-state index contributed by atoms with van der Waals surface area (Å²) in [5, 5.41) is 0. The predicted molar refractivity (Wildman–Crippen MR) is 72.5 cm³/mol. The molecule has 18 heavy (non-hydrogen) atoms. The summed E-state index contributed by atoms with van der Waals surface area (Å²) in [5.41, 5.74) is 9.47. The molecule has 0 spiro atoms. The van der Waals surface area contributed by atoms with Gasteiger partial charge < -0.3 is 10.5 Å². The SMILES string of the molecule is NCc1ccc(OC2CCc3ccccc32)cc1. The zero-order valence-corrected chi connectivity index (χ0v) is 10.3. The third-order valence-corrected chi connectivity index (χ3v) is 3.52. The van der Waals surface area contributed by atoms with Gasteiger partial charge in [0.1, 0.15) is 11.9 Å². The molecule has 2 aromatic carbocycles. The smallest absolute Gasteiger partial charge is 0.124 e. The lowest BCUT2D eigenvalue weighted by molar-refractivity contribution is 0.207. The number of aryl methyl sites for hydroxylation is 1. The van der Waals surface area contributed by atoms with Crippen LogP contribution < -0.4 is 10.5 Å². The molecule has 0 radical (unpaired) electrons. The van der Waals surface area contributed by atoms with Crippen molar-refractivity contribution in [2.24, 2.45) is 5.73 Å². The first kappa shape index (κ1) is 11.3. The van der Waals surface area contributed by atoms with Crippen LogP contribution in [0.15, 0.2) is 48.5 Å². The van der Waals surface area contributed by atoms with Gasteiger partial charge in [0, 0.05) is 6.54 Å². The number of ether oxygens (including phenoxy) is 1. The Labute approximate surface area is 107 Å². The van der Waals surface area contributed by atoms with Crippen LogP contribution in [-0.4, -0.2) is 0 Å². The second-order valence-electron chi connectivity index (χ2n) is 4.69. The van der Waals surface area contributed by atoms with Gasteiger partial charge in [0.2, 0.25) is 0 Å². The number of fused-ring (bicyclic) bond motifs is 1. The molecule has 1 aliphatic carbocycles. The molecule has 92 valence electrons. The van der Waals surface area contributed by atoms with Crippen molar-refractivity contribution in [3.63, 3.8) is 0 Å². The molecule has 0 bridgehead atoms. The Morgan fingerprint density at radius 1 is 1.06 bits per heavy atom. The summed E-state index contributed by atoms with van der Waals surface area (Å²) in [6.45, 7) is 0.576. The van der Waals surface area contributed by atoms with E-state index in [4.69, 9.17) is 10.5 Å². The molecule has 0 aromatic heterocycles. The molecule has 2 nitrogen and oxygen atoms in total. The first-order chi connectivity index (χ1) is 8.86. The van der Waals surface area contributed by atoms with Gasteiger partial charge >= 0.3 is 0 Å².